The smallest absolute Gasteiger partial charge is 0.323 e. The largest absolute Gasteiger partial charge is 0.326 e. The highest BCUT2D eigenvalue weighted by Crippen LogP contribution is 2.35. The monoisotopic (exact) mass is 347 g/mol. The second kappa shape index (κ2) is 6.15. The summed E-state index contributed by atoms with van der Waals surface area (Å²) < 4.78 is 0. The Hall–Kier alpha value is -1.40. The Balaban J connectivity index is 1.51. The summed E-state index contributed by atoms with van der Waals surface area (Å²) in [6.07, 6.45) is 6.96. The van der Waals surface area contributed by atoms with Crippen LogP contribution in [0.15, 0.2) is 11.4 Å². The van der Waals surface area contributed by atoms with Crippen LogP contribution in [-0.2, 0) is 11.2 Å². The van der Waals surface area contributed by atoms with Crippen LogP contribution in [-0.4, -0.2) is 40.5 Å². The number of urea groups is 1. The van der Waals surface area contributed by atoms with Crippen molar-refractivity contribution in [3.8, 4) is 0 Å². The van der Waals surface area contributed by atoms with E-state index in [4.69, 9.17) is 0 Å². The van der Waals surface area contributed by atoms with Crippen LogP contribution in [0.5, 0.6) is 0 Å². The Morgan fingerprint density at radius 3 is 2.75 bits per heavy atom. The number of thiophene rings is 1. The summed E-state index contributed by atoms with van der Waals surface area (Å²) in [4.78, 5) is 30.7. The van der Waals surface area contributed by atoms with E-state index in [2.05, 4.69) is 28.6 Å². The molecule has 1 aromatic rings. The van der Waals surface area contributed by atoms with E-state index in [0.717, 1.165) is 51.5 Å². The zero-order valence-electron chi connectivity index (χ0n) is 14.2. The van der Waals surface area contributed by atoms with Crippen molar-refractivity contribution < 1.29 is 9.59 Å². The van der Waals surface area contributed by atoms with Gasteiger partial charge in [-0.15, -0.1) is 11.3 Å². The van der Waals surface area contributed by atoms with Crippen molar-refractivity contribution >= 4 is 23.3 Å². The van der Waals surface area contributed by atoms with Crippen LogP contribution < -0.4 is 5.32 Å². The van der Waals surface area contributed by atoms with Crippen molar-refractivity contribution in [2.24, 2.45) is 0 Å². The molecule has 1 spiro atoms. The van der Waals surface area contributed by atoms with E-state index < -0.39 is 5.54 Å². The molecule has 0 aromatic carbocycles. The van der Waals surface area contributed by atoms with Crippen molar-refractivity contribution in [1.82, 2.24) is 15.1 Å². The first-order valence-electron chi connectivity index (χ1n) is 9.05. The summed E-state index contributed by atoms with van der Waals surface area (Å²) in [7, 11) is 0. The second-order valence-electron chi connectivity index (χ2n) is 7.34. The SMILES string of the molecule is CC1c2ccsc2CCN1CN1C(=O)NC2(CCCCCC2)C1=O. The van der Waals surface area contributed by atoms with Gasteiger partial charge in [0.1, 0.15) is 5.54 Å². The molecule has 1 saturated carbocycles. The maximum absolute atomic E-state index is 13.0. The van der Waals surface area contributed by atoms with Crippen LogP contribution >= 0.6 is 11.3 Å². The lowest BCUT2D eigenvalue weighted by molar-refractivity contribution is -0.133. The summed E-state index contributed by atoms with van der Waals surface area (Å²) in [6, 6.07) is 2.23. The van der Waals surface area contributed by atoms with Crippen LogP contribution in [0.25, 0.3) is 0 Å². The number of amides is 3. The number of carbonyl (C=O) groups excluding carboxylic acids is 2. The van der Waals surface area contributed by atoms with E-state index in [9.17, 15) is 9.59 Å². The fraction of sp³-hybridized carbons (Fsp3) is 0.667. The molecule has 130 valence electrons. The van der Waals surface area contributed by atoms with E-state index in [-0.39, 0.29) is 18.0 Å². The highest BCUT2D eigenvalue weighted by atomic mass is 32.1. The summed E-state index contributed by atoms with van der Waals surface area (Å²) in [5.41, 5.74) is 0.725. The number of hydrogen-bond donors (Lipinski definition) is 1. The Labute approximate surface area is 147 Å². The maximum Gasteiger partial charge on any atom is 0.326 e. The van der Waals surface area contributed by atoms with Crippen molar-refractivity contribution in [3.05, 3.63) is 21.9 Å². The molecule has 2 aliphatic heterocycles. The molecule has 3 heterocycles. The highest BCUT2D eigenvalue weighted by molar-refractivity contribution is 7.10. The van der Waals surface area contributed by atoms with E-state index >= 15 is 0 Å². The molecule has 0 radical (unpaired) electrons. The van der Waals surface area contributed by atoms with Crippen LogP contribution in [0.2, 0.25) is 0 Å². The number of nitrogens with zero attached hydrogens (tertiary/aromatic N) is 2. The van der Waals surface area contributed by atoms with E-state index in [1.165, 1.54) is 15.3 Å². The fourth-order valence-corrected chi connectivity index (χ4v) is 5.37. The zero-order valence-corrected chi connectivity index (χ0v) is 15.0. The molecule has 1 aliphatic carbocycles. The van der Waals surface area contributed by atoms with Gasteiger partial charge in [-0.1, -0.05) is 25.7 Å². The first-order valence-corrected chi connectivity index (χ1v) is 9.93. The Morgan fingerprint density at radius 1 is 1.25 bits per heavy atom. The number of hydrogen-bond acceptors (Lipinski definition) is 4. The molecule has 1 N–H and O–H groups in total. The summed E-state index contributed by atoms with van der Waals surface area (Å²) in [5, 5.41) is 5.18. The lowest BCUT2D eigenvalue weighted by atomic mass is 9.90. The molecule has 6 heteroatoms. The molecule has 1 unspecified atom stereocenters. The molecular formula is C18H25N3O2S. The maximum atomic E-state index is 13.0. The minimum Gasteiger partial charge on any atom is -0.323 e. The lowest BCUT2D eigenvalue weighted by Gasteiger charge is -2.35. The summed E-state index contributed by atoms with van der Waals surface area (Å²) in [6.45, 7) is 3.48. The van der Waals surface area contributed by atoms with Crippen molar-refractivity contribution in [2.75, 3.05) is 13.2 Å². The van der Waals surface area contributed by atoms with Gasteiger partial charge in [-0.25, -0.2) is 9.69 Å². The number of carbonyl (C=O) groups is 2. The predicted molar refractivity (Wildman–Crippen MR) is 93.8 cm³/mol. The normalized spacial score (nSPS) is 27.2. The van der Waals surface area contributed by atoms with Gasteiger partial charge < -0.3 is 5.32 Å². The van der Waals surface area contributed by atoms with Gasteiger partial charge in [-0.2, -0.15) is 0 Å². The molecule has 2 fully saturated rings. The van der Waals surface area contributed by atoms with Gasteiger partial charge in [0.15, 0.2) is 0 Å². The molecule has 4 rings (SSSR count). The molecule has 5 nitrogen and oxygen atoms in total. The molecule has 3 amide bonds. The topological polar surface area (TPSA) is 52.6 Å². The van der Waals surface area contributed by atoms with Gasteiger partial charge in [0.05, 0.1) is 6.67 Å². The summed E-state index contributed by atoms with van der Waals surface area (Å²) in [5.74, 6) is -0.00212. The summed E-state index contributed by atoms with van der Waals surface area (Å²) >= 11 is 1.81. The number of imide groups is 1. The molecule has 24 heavy (non-hydrogen) atoms. The lowest BCUT2D eigenvalue weighted by Crippen LogP contribution is -2.48. The van der Waals surface area contributed by atoms with Crippen molar-refractivity contribution in [1.29, 1.82) is 0 Å². The molecular weight excluding hydrogens is 322 g/mol. The first-order chi connectivity index (χ1) is 11.6. The third-order valence-corrected chi connectivity index (χ3v) is 6.93. The fourth-order valence-electron chi connectivity index (χ4n) is 4.41. The van der Waals surface area contributed by atoms with E-state index in [0.29, 0.717) is 6.67 Å². The minimum absolute atomic E-state index is 0.00212. The average molecular weight is 347 g/mol. The van der Waals surface area contributed by atoms with Gasteiger partial charge >= 0.3 is 6.03 Å². The zero-order chi connectivity index (χ0) is 16.7. The first kappa shape index (κ1) is 16.1. The molecule has 0 bridgehead atoms. The third kappa shape index (κ3) is 2.56. The molecule has 1 atom stereocenters. The Morgan fingerprint density at radius 2 is 2.00 bits per heavy atom. The van der Waals surface area contributed by atoms with Gasteiger partial charge in [0.25, 0.3) is 5.91 Å². The van der Waals surface area contributed by atoms with Gasteiger partial charge in [-0.3, -0.25) is 9.69 Å². The average Bonchev–Trinajstić information content (AvgIpc) is 3.03. The van der Waals surface area contributed by atoms with E-state index in [1.54, 1.807) is 0 Å². The number of rotatable bonds is 2. The highest BCUT2D eigenvalue weighted by Gasteiger charge is 2.51. The molecule has 1 saturated heterocycles. The molecule has 1 aromatic heterocycles. The van der Waals surface area contributed by atoms with Gasteiger partial charge in [-0.05, 0) is 43.2 Å². The van der Waals surface area contributed by atoms with Gasteiger partial charge in [0, 0.05) is 17.5 Å². The van der Waals surface area contributed by atoms with Crippen LogP contribution in [0, 0.1) is 0 Å². The molecule has 3 aliphatic rings. The van der Waals surface area contributed by atoms with E-state index in [1.807, 2.05) is 11.3 Å². The van der Waals surface area contributed by atoms with Crippen molar-refractivity contribution in [3.63, 3.8) is 0 Å². The minimum atomic E-state index is -0.625. The van der Waals surface area contributed by atoms with Crippen LogP contribution in [0.3, 0.4) is 0 Å². The predicted octanol–water partition coefficient (Wildman–Crippen LogP) is 3.27. The second-order valence-corrected chi connectivity index (χ2v) is 8.34. The number of nitrogens with one attached hydrogen (secondary N) is 1. The standard InChI is InChI=1S/C18H25N3O2S/c1-13-14-7-11-24-15(14)6-10-20(13)12-21-16(22)18(19-17(21)23)8-4-2-3-5-9-18/h7,11,13H,2-6,8-10,12H2,1H3,(H,19,23). The third-order valence-electron chi connectivity index (χ3n) is 5.93. The number of fused-ring (bicyclic) bond motifs is 1. The van der Waals surface area contributed by atoms with Gasteiger partial charge in [0.2, 0.25) is 0 Å². The Bertz CT molecular complexity index is 648. The van der Waals surface area contributed by atoms with Crippen LogP contribution in [0.1, 0.15) is 61.9 Å². The van der Waals surface area contributed by atoms with Crippen molar-refractivity contribution in [2.45, 2.75) is 63.5 Å². The quantitative estimate of drug-likeness (QED) is 0.836. The Kier molecular flexibility index (Phi) is 4.12. The van der Waals surface area contributed by atoms with Crippen LogP contribution in [0.4, 0.5) is 4.79 Å².